The van der Waals surface area contributed by atoms with Crippen LogP contribution in [0.1, 0.15) is 40.3 Å². The number of H-pyrrole nitrogens is 1. The van der Waals surface area contributed by atoms with Gasteiger partial charge in [-0.2, -0.15) is 0 Å². The standard InChI is InChI=1S/C26H30N2O3/c1-18-3-7-22-21(17-27-24(22)15-18)11-12-28(13-14-29)25-9-6-20-16-19(4-8-23(20)25)5-10-26(30)31-2/h3-5,7-8,10,15-17,25,27,29H,6,9,11-14H2,1-2H3. The molecule has 1 aromatic heterocycles. The van der Waals surface area contributed by atoms with E-state index in [1.165, 1.54) is 46.3 Å². The van der Waals surface area contributed by atoms with Crippen LogP contribution in [0.15, 0.2) is 48.7 Å². The van der Waals surface area contributed by atoms with Gasteiger partial charge in [0, 0.05) is 42.3 Å². The molecule has 2 aromatic carbocycles. The van der Waals surface area contributed by atoms with E-state index in [0.717, 1.165) is 31.4 Å². The van der Waals surface area contributed by atoms with Crippen LogP contribution >= 0.6 is 0 Å². The van der Waals surface area contributed by atoms with Gasteiger partial charge in [-0.25, -0.2) is 4.79 Å². The van der Waals surface area contributed by atoms with Crippen molar-refractivity contribution in [3.05, 3.63) is 76.5 Å². The van der Waals surface area contributed by atoms with Crippen LogP contribution in [0.5, 0.6) is 0 Å². The molecule has 1 unspecified atom stereocenters. The van der Waals surface area contributed by atoms with Gasteiger partial charge in [0.05, 0.1) is 13.7 Å². The van der Waals surface area contributed by atoms with Gasteiger partial charge in [0.1, 0.15) is 0 Å². The minimum absolute atomic E-state index is 0.152. The summed E-state index contributed by atoms with van der Waals surface area (Å²) in [5, 5.41) is 11.0. The van der Waals surface area contributed by atoms with E-state index in [2.05, 4.69) is 64.1 Å². The Balaban J connectivity index is 1.49. The molecular formula is C26H30N2O3. The second-order valence-electron chi connectivity index (χ2n) is 8.24. The Labute approximate surface area is 183 Å². The van der Waals surface area contributed by atoms with Crippen molar-refractivity contribution in [2.45, 2.75) is 32.2 Å². The first kappa shape index (κ1) is 21.3. The van der Waals surface area contributed by atoms with Gasteiger partial charge in [-0.3, -0.25) is 4.90 Å². The lowest BCUT2D eigenvalue weighted by atomic mass is 10.0. The zero-order valence-electron chi connectivity index (χ0n) is 18.2. The molecule has 2 N–H and O–H groups in total. The van der Waals surface area contributed by atoms with Crippen LogP contribution in [0.3, 0.4) is 0 Å². The van der Waals surface area contributed by atoms with Crippen LogP contribution in [0.4, 0.5) is 0 Å². The maximum Gasteiger partial charge on any atom is 0.330 e. The zero-order chi connectivity index (χ0) is 21.8. The SMILES string of the molecule is COC(=O)C=Cc1ccc2c(c1)CCC2N(CCO)CCc1c[nH]c2cc(C)ccc12. The lowest BCUT2D eigenvalue weighted by Crippen LogP contribution is -2.32. The fourth-order valence-corrected chi connectivity index (χ4v) is 4.65. The molecular weight excluding hydrogens is 388 g/mol. The Morgan fingerprint density at radius 3 is 2.94 bits per heavy atom. The third-order valence-corrected chi connectivity index (χ3v) is 6.25. The molecule has 3 aromatic rings. The molecule has 0 fully saturated rings. The van der Waals surface area contributed by atoms with Gasteiger partial charge in [-0.15, -0.1) is 0 Å². The van der Waals surface area contributed by atoms with Crippen molar-refractivity contribution >= 4 is 22.9 Å². The number of fused-ring (bicyclic) bond motifs is 2. The summed E-state index contributed by atoms with van der Waals surface area (Å²) in [6.07, 6.45) is 8.36. The number of aromatic amines is 1. The first-order valence-corrected chi connectivity index (χ1v) is 10.9. The van der Waals surface area contributed by atoms with Crippen molar-refractivity contribution in [1.82, 2.24) is 9.88 Å². The highest BCUT2D eigenvalue weighted by molar-refractivity contribution is 5.87. The summed E-state index contributed by atoms with van der Waals surface area (Å²) in [5.41, 5.74) is 7.42. The van der Waals surface area contributed by atoms with Crippen molar-refractivity contribution < 1.29 is 14.6 Å². The van der Waals surface area contributed by atoms with Crippen LogP contribution in [0.25, 0.3) is 17.0 Å². The Hall–Kier alpha value is -2.89. The fourth-order valence-electron chi connectivity index (χ4n) is 4.65. The lowest BCUT2D eigenvalue weighted by Gasteiger charge is -2.29. The highest BCUT2D eigenvalue weighted by atomic mass is 16.5. The zero-order valence-corrected chi connectivity index (χ0v) is 18.2. The van der Waals surface area contributed by atoms with Crippen LogP contribution < -0.4 is 0 Å². The summed E-state index contributed by atoms with van der Waals surface area (Å²) in [7, 11) is 1.38. The van der Waals surface area contributed by atoms with E-state index in [-0.39, 0.29) is 12.6 Å². The average Bonchev–Trinajstić information content (AvgIpc) is 3.38. The molecule has 0 aliphatic heterocycles. The van der Waals surface area contributed by atoms with E-state index in [1.807, 2.05) is 0 Å². The molecule has 0 bridgehead atoms. The third-order valence-electron chi connectivity index (χ3n) is 6.25. The molecule has 5 heteroatoms. The number of carbonyl (C=O) groups excluding carboxylic acids is 1. The number of aromatic nitrogens is 1. The summed E-state index contributed by atoms with van der Waals surface area (Å²) >= 11 is 0. The molecule has 0 saturated heterocycles. The molecule has 0 radical (unpaired) electrons. The number of methoxy groups -OCH3 is 1. The number of nitrogens with zero attached hydrogens (tertiary/aromatic N) is 1. The summed E-state index contributed by atoms with van der Waals surface area (Å²) in [6.45, 7) is 3.82. The van der Waals surface area contributed by atoms with Crippen molar-refractivity contribution in [2.75, 3.05) is 26.8 Å². The van der Waals surface area contributed by atoms with Gasteiger partial charge in [0.15, 0.2) is 0 Å². The Morgan fingerprint density at radius 2 is 2.13 bits per heavy atom. The number of nitrogens with one attached hydrogen (secondary N) is 1. The van der Waals surface area contributed by atoms with E-state index in [9.17, 15) is 9.90 Å². The average molecular weight is 419 g/mol. The minimum Gasteiger partial charge on any atom is -0.466 e. The topological polar surface area (TPSA) is 65.6 Å². The van der Waals surface area contributed by atoms with Crippen molar-refractivity contribution in [2.24, 2.45) is 0 Å². The van der Waals surface area contributed by atoms with Crippen molar-refractivity contribution in [1.29, 1.82) is 0 Å². The van der Waals surface area contributed by atoms with Crippen molar-refractivity contribution in [3.63, 3.8) is 0 Å². The molecule has 162 valence electrons. The van der Waals surface area contributed by atoms with E-state index in [4.69, 9.17) is 0 Å². The quantitative estimate of drug-likeness (QED) is 0.425. The highest BCUT2D eigenvalue weighted by Crippen LogP contribution is 2.36. The Kier molecular flexibility index (Phi) is 6.54. The molecule has 4 rings (SSSR count). The number of aryl methyl sites for hydroxylation is 2. The number of esters is 1. The molecule has 1 atom stereocenters. The van der Waals surface area contributed by atoms with E-state index < -0.39 is 0 Å². The molecule has 0 saturated carbocycles. The van der Waals surface area contributed by atoms with Gasteiger partial charge < -0.3 is 14.8 Å². The number of aliphatic hydroxyl groups is 1. The molecule has 1 aliphatic rings. The predicted octanol–water partition coefficient (Wildman–Crippen LogP) is 4.19. The van der Waals surface area contributed by atoms with Gasteiger partial charge in [0.25, 0.3) is 0 Å². The molecule has 31 heavy (non-hydrogen) atoms. The first-order valence-electron chi connectivity index (χ1n) is 10.9. The Bertz CT molecular complexity index is 1100. The number of benzene rings is 2. The molecule has 1 aliphatic carbocycles. The maximum absolute atomic E-state index is 11.4. The molecule has 1 heterocycles. The maximum atomic E-state index is 11.4. The van der Waals surface area contributed by atoms with Gasteiger partial charge >= 0.3 is 5.97 Å². The lowest BCUT2D eigenvalue weighted by molar-refractivity contribution is -0.134. The fraction of sp³-hybridized carbons (Fsp3) is 0.346. The van der Waals surface area contributed by atoms with E-state index >= 15 is 0 Å². The van der Waals surface area contributed by atoms with Crippen LogP contribution in [-0.2, 0) is 22.4 Å². The van der Waals surface area contributed by atoms with Gasteiger partial charge in [0.2, 0.25) is 0 Å². The number of hydrogen-bond acceptors (Lipinski definition) is 4. The van der Waals surface area contributed by atoms with Crippen LogP contribution in [-0.4, -0.2) is 47.8 Å². The molecule has 0 spiro atoms. The number of rotatable bonds is 8. The van der Waals surface area contributed by atoms with Crippen molar-refractivity contribution in [3.8, 4) is 0 Å². The highest BCUT2D eigenvalue weighted by Gasteiger charge is 2.27. The normalized spacial score (nSPS) is 15.8. The summed E-state index contributed by atoms with van der Waals surface area (Å²) in [5.74, 6) is -0.347. The number of ether oxygens (including phenoxy) is 1. The first-order chi connectivity index (χ1) is 15.1. The number of hydrogen-bond donors (Lipinski definition) is 2. The predicted molar refractivity (Wildman–Crippen MR) is 124 cm³/mol. The van der Waals surface area contributed by atoms with Gasteiger partial charge in [-0.05, 0) is 66.1 Å². The Morgan fingerprint density at radius 1 is 1.26 bits per heavy atom. The van der Waals surface area contributed by atoms with Crippen LogP contribution in [0, 0.1) is 6.92 Å². The summed E-state index contributed by atoms with van der Waals surface area (Å²) in [4.78, 5) is 17.2. The number of aliphatic hydroxyl groups excluding tert-OH is 1. The summed E-state index contributed by atoms with van der Waals surface area (Å²) < 4.78 is 4.67. The third kappa shape index (κ3) is 4.73. The van der Waals surface area contributed by atoms with E-state index in [0.29, 0.717) is 12.6 Å². The monoisotopic (exact) mass is 418 g/mol. The second-order valence-corrected chi connectivity index (χ2v) is 8.24. The number of carbonyl (C=O) groups is 1. The molecule has 5 nitrogen and oxygen atoms in total. The van der Waals surface area contributed by atoms with Crippen LogP contribution in [0.2, 0.25) is 0 Å². The minimum atomic E-state index is -0.347. The second kappa shape index (κ2) is 9.50. The smallest absolute Gasteiger partial charge is 0.330 e. The summed E-state index contributed by atoms with van der Waals surface area (Å²) in [6, 6.07) is 13.2. The molecule has 0 amide bonds. The van der Waals surface area contributed by atoms with Gasteiger partial charge in [-0.1, -0.05) is 30.3 Å². The largest absolute Gasteiger partial charge is 0.466 e. The van der Waals surface area contributed by atoms with E-state index in [1.54, 1.807) is 6.08 Å².